The molecule has 0 radical (unpaired) electrons. The molecule has 10 nitrogen and oxygen atoms in total. The van der Waals surface area contributed by atoms with Gasteiger partial charge in [-0.25, -0.2) is 14.2 Å². The number of aromatic nitrogens is 4. The zero-order valence-corrected chi connectivity index (χ0v) is 36.5. The lowest BCUT2D eigenvalue weighted by molar-refractivity contribution is 0.0160. The number of nitrogens with zero attached hydrogens (tertiary/aromatic N) is 6. The first-order chi connectivity index (χ1) is 25.4. The van der Waals surface area contributed by atoms with Crippen molar-refractivity contribution < 1.29 is 23.4 Å². The molecule has 1 aromatic carbocycles. The number of fused-ring (bicyclic) bond motifs is 1. The number of carbonyl (C=O) groups excluding carboxylic acids is 1. The smallest absolute Gasteiger partial charge is 0.410 e. The molecule has 1 amide bonds. The second kappa shape index (κ2) is 18.8. The highest BCUT2D eigenvalue weighted by Gasteiger charge is 2.29. The van der Waals surface area contributed by atoms with E-state index in [1.54, 1.807) is 20.5 Å². The molecule has 0 fully saturated rings. The maximum atomic E-state index is 17.1. The van der Waals surface area contributed by atoms with Crippen molar-refractivity contribution in [1.82, 2.24) is 24.5 Å². The van der Waals surface area contributed by atoms with Gasteiger partial charge in [0.2, 0.25) is 0 Å². The van der Waals surface area contributed by atoms with E-state index < -0.39 is 27.6 Å². The van der Waals surface area contributed by atoms with E-state index in [2.05, 4.69) is 39.3 Å². The number of pyridine rings is 1. The van der Waals surface area contributed by atoms with Crippen molar-refractivity contribution in [3.05, 3.63) is 66.4 Å². The van der Waals surface area contributed by atoms with Crippen LogP contribution >= 0.6 is 0 Å². The van der Waals surface area contributed by atoms with Gasteiger partial charge in [-0.15, -0.1) is 0 Å². The van der Waals surface area contributed by atoms with Gasteiger partial charge in [-0.2, -0.15) is 9.61 Å². The number of ether oxygens (including phenoxy) is 3. The Hall–Kier alpha value is -3.66. The van der Waals surface area contributed by atoms with Gasteiger partial charge in [0.05, 0.1) is 17.6 Å². The molecule has 1 unspecified atom stereocenters. The zero-order valence-electron chi connectivity index (χ0n) is 34.5. The number of benzene rings is 1. The Morgan fingerprint density at radius 1 is 0.889 bits per heavy atom. The van der Waals surface area contributed by atoms with Crippen LogP contribution in [-0.2, 0) is 20.6 Å². The highest BCUT2D eigenvalue weighted by atomic mass is 28.3. The first-order valence-electron chi connectivity index (χ1n) is 19.4. The molecule has 4 rings (SSSR count). The predicted octanol–water partition coefficient (Wildman–Crippen LogP) is 10.00. The molecule has 1 atom stereocenters. The molecule has 3 aromatic heterocycles. The quantitative estimate of drug-likeness (QED) is 0.0528. The Balaban J connectivity index is 1.77. The van der Waals surface area contributed by atoms with Gasteiger partial charge in [-0.1, -0.05) is 82.6 Å². The summed E-state index contributed by atoms with van der Waals surface area (Å²) in [5.74, 6) is -0.240. The standard InChI is InChI=1S/C41H63FN6O4Si2/c1-12-33(47(13-2)40(49)52-41(3,4)5)20-22-36-37(42)39(46(29-50-23-25-53(6,7)8)30-51-24-26-54(9,10)11)48-38(45-36)34(28-44-48)32-19-21-35(43-27-32)31-17-15-14-16-18-31/h14-19,21,27-28,33H,12-13,20,22-26,29-30H2,1-11H3. The fourth-order valence-electron chi connectivity index (χ4n) is 5.98. The van der Waals surface area contributed by atoms with E-state index in [-0.39, 0.29) is 31.4 Å². The zero-order chi connectivity index (χ0) is 39.7. The summed E-state index contributed by atoms with van der Waals surface area (Å²) in [6.07, 6.45) is 4.64. The van der Waals surface area contributed by atoms with E-state index in [1.807, 2.05) is 83.3 Å². The molecule has 0 saturated heterocycles. The van der Waals surface area contributed by atoms with Crippen LogP contribution in [0.25, 0.3) is 28.0 Å². The summed E-state index contributed by atoms with van der Waals surface area (Å²) >= 11 is 0. The third-order valence-electron chi connectivity index (χ3n) is 9.16. The minimum absolute atomic E-state index is 0.134. The number of anilines is 1. The SMILES string of the molecule is CCC(CCc1nc2c(-c3ccc(-c4ccccc4)nc3)cnn2c(N(COCC[Si](C)(C)C)COCC[Si](C)(C)C)c1F)N(CC)C(=O)OC(C)(C)C. The number of aryl methyl sites for hydroxylation is 1. The largest absolute Gasteiger partial charge is 0.444 e. The van der Waals surface area contributed by atoms with Crippen LogP contribution in [0.15, 0.2) is 54.9 Å². The third kappa shape index (κ3) is 12.4. The fourth-order valence-corrected chi connectivity index (χ4v) is 7.50. The molecule has 13 heteroatoms. The molecule has 4 aromatic rings. The molecule has 0 spiro atoms. The first kappa shape index (κ1) is 43.1. The Morgan fingerprint density at radius 2 is 1.52 bits per heavy atom. The van der Waals surface area contributed by atoms with Gasteiger partial charge in [-0.05, 0) is 65.1 Å². The van der Waals surface area contributed by atoms with Crippen LogP contribution in [0.5, 0.6) is 0 Å². The third-order valence-corrected chi connectivity index (χ3v) is 12.6. The van der Waals surface area contributed by atoms with Crippen LogP contribution in [-0.4, -0.2) is 91.6 Å². The van der Waals surface area contributed by atoms with Crippen LogP contribution < -0.4 is 4.90 Å². The van der Waals surface area contributed by atoms with Gasteiger partial charge in [0.1, 0.15) is 19.1 Å². The summed E-state index contributed by atoms with van der Waals surface area (Å²) in [6.45, 7) is 25.3. The molecular formula is C41H63FN6O4Si2. The summed E-state index contributed by atoms with van der Waals surface area (Å²) in [5.41, 5.74) is 3.60. The van der Waals surface area contributed by atoms with E-state index in [9.17, 15) is 4.79 Å². The second-order valence-corrected chi connectivity index (χ2v) is 28.6. The lowest BCUT2D eigenvalue weighted by Crippen LogP contribution is -2.43. The number of hydrogen-bond donors (Lipinski definition) is 0. The highest BCUT2D eigenvalue weighted by molar-refractivity contribution is 6.76. The lowest BCUT2D eigenvalue weighted by Gasteiger charge is -2.32. The maximum Gasteiger partial charge on any atom is 0.410 e. The topological polar surface area (TPSA) is 94.3 Å². The molecule has 0 aliphatic carbocycles. The number of rotatable bonds is 19. The molecule has 3 heterocycles. The summed E-state index contributed by atoms with van der Waals surface area (Å²) < 4.78 is 36.9. The number of amides is 1. The Bertz CT molecular complexity index is 1760. The van der Waals surface area contributed by atoms with Crippen LogP contribution in [0.3, 0.4) is 0 Å². The van der Waals surface area contributed by atoms with Crippen LogP contribution in [0.4, 0.5) is 15.0 Å². The maximum absolute atomic E-state index is 17.1. The highest BCUT2D eigenvalue weighted by Crippen LogP contribution is 2.32. The lowest BCUT2D eigenvalue weighted by atomic mass is 10.0. The predicted molar refractivity (Wildman–Crippen MR) is 223 cm³/mol. The second-order valence-electron chi connectivity index (χ2n) is 17.4. The van der Waals surface area contributed by atoms with E-state index in [4.69, 9.17) is 29.3 Å². The van der Waals surface area contributed by atoms with Crippen molar-refractivity contribution in [2.45, 2.75) is 117 Å². The van der Waals surface area contributed by atoms with Gasteiger partial charge >= 0.3 is 6.09 Å². The summed E-state index contributed by atoms with van der Waals surface area (Å²) in [4.78, 5) is 26.5. The van der Waals surface area contributed by atoms with E-state index in [0.29, 0.717) is 50.4 Å². The van der Waals surface area contributed by atoms with Crippen molar-refractivity contribution in [3.63, 3.8) is 0 Å². The molecule has 0 bridgehead atoms. The average Bonchev–Trinajstić information content (AvgIpc) is 3.51. The van der Waals surface area contributed by atoms with Crippen molar-refractivity contribution >= 4 is 33.7 Å². The van der Waals surface area contributed by atoms with Crippen molar-refractivity contribution in [3.8, 4) is 22.4 Å². The summed E-state index contributed by atoms with van der Waals surface area (Å²) in [5, 5.41) is 4.72. The van der Waals surface area contributed by atoms with Crippen molar-refractivity contribution in [2.75, 3.05) is 38.1 Å². The van der Waals surface area contributed by atoms with E-state index in [1.165, 1.54) is 0 Å². The number of hydrogen-bond acceptors (Lipinski definition) is 8. The minimum atomic E-state index is -1.36. The van der Waals surface area contributed by atoms with Gasteiger partial charge in [0, 0.05) is 64.8 Å². The van der Waals surface area contributed by atoms with Crippen LogP contribution in [0.2, 0.25) is 51.4 Å². The normalized spacial score (nSPS) is 13.0. The monoisotopic (exact) mass is 778 g/mol. The Kier molecular flexibility index (Phi) is 15.0. The Labute approximate surface area is 324 Å². The van der Waals surface area contributed by atoms with Crippen molar-refractivity contribution in [1.29, 1.82) is 0 Å². The van der Waals surface area contributed by atoms with Crippen LogP contribution in [0.1, 0.15) is 53.2 Å². The van der Waals surface area contributed by atoms with Gasteiger partial charge in [0.25, 0.3) is 0 Å². The molecule has 54 heavy (non-hydrogen) atoms. The van der Waals surface area contributed by atoms with E-state index >= 15 is 4.39 Å². The molecule has 0 aliphatic rings. The van der Waals surface area contributed by atoms with Gasteiger partial charge in [-0.3, -0.25) is 4.98 Å². The molecular weight excluding hydrogens is 716 g/mol. The van der Waals surface area contributed by atoms with E-state index in [0.717, 1.165) is 34.5 Å². The van der Waals surface area contributed by atoms with Crippen molar-refractivity contribution in [2.24, 2.45) is 0 Å². The van der Waals surface area contributed by atoms with Gasteiger partial charge in [0.15, 0.2) is 17.3 Å². The first-order valence-corrected chi connectivity index (χ1v) is 26.8. The average molecular weight is 779 g/mol. The molecule has 0 N–H and O–H groups in total. The Morgan fingerprint density at radius 3 is 2.04 bits per heavy atom. The summed E-state index contributed by atoms with van der Waals surface area (Å²) in [6, 6.07) is 15.8. The fraction of sp³-hybridized carbons (Fsp3) is 0.561. The number of halogens is 1. The number of carbonyl (C=O) groups is 1. The van der Waals surface area contributed by atoms with Crippen LogP contribution in [0, 0.1) is 5.82 Å². The summed E-state index contributed by atoms with van der Waals surface area (Å²) in [7, 11) is -2.72. The molecule has 0 aliphatic heterocycles. The molecule has 0 saturated carbocycles. The van der Waals surface area contributed by atoms with Gasteiger partial charge < -0.3 is 24.0 Å². The minimum Gasteiger partial charge on any atom is -0.444 e. The molecule has 296 valence electrons.